The van der Waals surface area contributed by atoms with Crippen LogP contribution in [0.2, 0.25) is 0 Å². The lowest BCUT2D eigenvalue weighted by atomic mass is 10.1. The molecule has 4 aromatic rings. The fourth-order valence-electron chi connectivity index (χ4n) is 3.18. The number of nitrogens with zero attached hydrogens (tertiary/aromatic N) is 2. The van der Waals surface area contributed by atoms with Gasteiger partial charge in [-0.05, 0) is 48.5 Å². The summed E-state index contributed by atoms with van der Waals surface area (Å²) in [6.07, 6.45) is 0. The molecule has 9 heteroatoms. The Morgan fingerprint density at radius 2 is 1.67 bits per heavy atom. The second kappa shape index (κ2) is 7.53. The van der Waals surface area contributed by atoms with Gasteiger partial charge in [0.25, 0.3) is 10.0 Å². The molecule has 0 saturated heterocycles. The molecule has 3 aromatic carbocycles. The Morgan fingerprint density at radius 1 is 0.967 bits per heavy atom. The molecular weight excluding hydrogens is 402 g/mol. The third-order valence-corrected chi connectivity index (χ3v) is 5.85. The minimum Gasteiger partial charge on any atom is -0.497 e. The van der Waals surface area contributed by atoms with Crippen molar-refractivity contribution in [1.82, 2.24) is 4.98 Å². The van der Waals surface area contributed by atoms with Gasteiger partial charge in [0.05, 0.1) is 28.7 Å². The summed E-state index contributed by atoms with van der Waals surface area (Å²) in [7, 11) is -2.33. The van der Waals surface area contributed by atoms with Crippen LogP contribution in [0.15, 0.2) is 76.0 Å². The van der Waals surface area contributed by atoms with Crippen molar-refractivity contribution in [2.75, 3.05) is 12.4 Å². The third-order valence-electron chi connectivity index (χ3n) is 4.53. The summed E-state index contributed by atoms with van der Waals surface area (Å²) in [5, 5.41) is 5.19. The van der Waals surface area contributed by atoms with Crippen LogP contribution in [-0.4, -0.2) is 26.5 Å². The van der Waals surface area contributed by atoms with Gasteiger partial charge in [-0.3, -0.25) is 0 Å². The van der Waals surface area contributed by atoms with Gasteiger partial charge >= 0.3 is 0 Å². The van der Waals surface area contributed by atoms with Gasteiger partial charge in [-0.2, -0.15) is 8.42 Å². The second-order valence-corrected chi connectivity index (χ2v) is 8.13. The number of guanidine groups is 1. The molecule has 0 atom stereocenters. The van der Waals surface area contributed by atoms with E-state index in [9.17, 15) is 8.42 Å². The average Bonchev–Trinajstić information content (AvgIpc) is 2.73. The molecule has 30 heavy (non-hydrogen) atoms. The largest absolute Gasteiger partial charge is 0.497 e. The van der Waals surface area contributed by atoms with Gasteiger partial charge in [0, 0.05) is 16.5 Å². The first-order valence-corrected chi connectivity index (χ1v) is 10.4. The SMILES string of the molecule is COc1ccc2nc3ccccc3c(Nc3ccc(S(=O)(=O)N=C(N)N)cc3)c2c1. The van der Waals surface area contributed by atoms with E-state index >= 15 is 0 Å². The zero-order valence-electron chi connectivity index (χ0n) is 16.0. The molecule has 0 radical (unpaired) electrons. The van der Waals surface area contributed by atoms with Gasteiger partial charge in [0.2, 0.25) is 5.96 Å². The van der Waals surface area contributed by atoms with Gasteiger partial charge in [-0.25, -0.2) is 4.98 Å². The number of hydrogen-bond acceptors (Lipinski definition) is 5. The van der Waals surface area contributed by atoms with Crippen LogP contribution in [0.3, 0.4) is 0 Å². The topological polar surface area (TPSA) is 133 Å². The average molecular weight is 421 g/mol. The lowest BCUT2D eigenvalue weighted by molar-refractivity contribution is 0.415. The number of anilines is 2. The van der Waals surface area contributed by atoms with Gasteiger partial charge in [0.1, 0.15) is 5.75 Å². The maximum absolute atomic E-state index is 12.1. The lowest BCUT2D eigenvalue weighted by Gasteiger charge is -2.14. The van der Waals surface area contributed by atoms with Crippen molar-refractivity contribution < 1.29 is 13.2 Å². The number of nitrogens with two attached hydrogens (primary N) is 2. The van der Waals surface area contributed by atoms with Crippen molar-refractivity contribution in [3.05, 3.63) is 66.7 Å². The molecule has 5 N–H and O–H groups in total. The molecular formula is C21H19N5O3S. The van der Waals surface area contributed by atoms with Gasteiger partial charge < -0.3 is 21.5 Å². The molecule has 8 nitrogen and oxygen atoms in total. The van der Waals surface area contributed by atoms with Crippen molar-refractivity contribution in [2.45, 2.75) is 4.90 Å². The third kappa shape index (κ3) is 3.70. The summed E-state index contributed by atoms with van der Waals surface area (Å²) < 4.78 is 32.9. The highest BCUT2D eigenvalue weighted by molar-refractivity contribution is 7.90. The quantitative estimate of drug-likeness (QED) is 0.256. The predicted octanol–water partition coefficient (Wildman–Crippen LogP) is 3.10. The normalized spacial score (nSPS) is 11.4. The Morgan fingerprint density at radius 3 is 2.37 bits per heavy atom. The van der Waals surface area contributed by atoms with Crippen LogP contribution >= 0.6 is 0 Å². The number of ether oxygens (including phenoxy) is 1. The predicted molar refractivity (Wildman–Crippen MR) is 119 cm³/mol. The number of sulfonamides is 1. The Hall–Kier alpha value is -3.85. The van der Waals surface area contributed by atoms with Crippen molar-refractivity contribution in [3.63, 3.8) is 0 Å². The number of methoxy groups -OCH3 is 1. The van der Waals surface area contributed by atoms with Crippen molar-refractivity contribution in [1.29, 1.82) is 0 Å². The monoisotopic (exact) mass is 421 g/mol. The smallest absolute Gasteiger partial charge is 0.285 e. The Balaban J connectivity index is 1.82. The van der Waals surface area contributed by atoms with Crippen LogP contribution in [0.25, 0.3) is 21.8 Å². The highest BCUT2D eigenvalue weighted by Crippen LogP contribution is 2.35. The van der Waals surface area contributed by atoms with Crippen molar-refractivity contribution in [3.8, 4) is 5.75 Å². The van der Waals surface area contributed by atoms with Crippen LogP contribution in [0.5, 0.6) is 5.75 Å². The number of nitrogens with one attached hydrogen (secondary N) is 1. The van der Waals surface area contributed by atoms with Crippen LogP contribution in [0, 0.1) is 0 Å². The fourth-order valence-corrected chi connectivity index (χ4v) is 4.04. The molecule has 1 heterocycles. The maximum Gasteiger partial charge on any atom is 0.285 e. The van der Waals surface area contributed by atoms with E-state index in [1.165, 1.54) is 12.1 Å². The Bertz CT molecular complexity index is 1380. The summed E-state index contributed by atoms with van der Waals surface area (Å²) in [6, 6.07) is 19.6. The maximum atomic E-state index is 12.1. The van der Waals surface area contributed by atoms with E-state index in [4.69, 9.17) is 21.2 Å². The first-order chi connectivity index (χ1) is 14.4. The summed E-state index contributed by atoms with van der Waals surface area (Å²) in [5.41, 5.74) is 13.6. The summed E-state index contributed by atoms with van der Waals surface area (Å²) in [6.45, 7) is 0. The molecule has 4 rings (SSSR count). The van der Waals surface area contributed by atoms with Gasteiger partial charge in [-0.15, -0.1) is 4.40 Å². The molecule has 0 saturated carbocycles. The van der Waals surface area contributed by atoms with Gasteiger partial charge in [0.15, 0.2) is 0 Å². The Kier molecular flexibility index (Phi) is 4.88. The molecule has 1 aromatic heterocycles. The zero-order valence-corrected chi connectivity index (χ0v) is 16.8. The number of fused-ring (bicyclic) bond motifs is 2. The van der Waals surface area contributed by atoms with Crippen LogP contribution in [-0.2, 0) is 10.0 Å². The highest BCUT2D eigenvalue weighted by atomic mass is 32.2. The van der Waals surface area contributed by atoms with E-state index in [1.54, 1.807) is 19.2 Å². The summed E-state index contributed by atoms with van der Waals surface area (Å²) >= 11 is 0. The molecule has 0 fully saturated rings. The highest BCUT2D eigenvalue weighted by Gasteiger charge is 2.14. The number of hydrogen-bond donors (Lipinski definition) is 3. The molecule has 152 valence electrons. The van der Waals surface area contributed by atoms with E-state index in [2.05, 4.69) is 9.71 Å². The van der Waals surface area contributed by atoms with Crippen LogP contribution in [0.4, 0.5) is 11.4 Å². The number of para-hydroxylation sites is 1. The minimum atomic E-state index is -3.94. The van der Waals surface area contributed by atoms with Crippen molar-refractivity contribution in [2.24, 2.45) is 15.9 Å². The van der Waals surface area contributed by atoms with E-state index in [1.807, 2.05) is 42.5 Å². The van der Waals surface area contributed by atoms with E-state index < -0.39 is 16.0 Å². The number of pyridine rings is 1. The van der Waals surface area contributed by atoms with Gasteiger partial charge in [-0.1, -0.05) is 18.2 Å². The zero-order chi connectivity index (χ0) is 21.3. The first-order valence-electron chi connectivity index (χ1n) is 8.97. The van der Waals surface area contributed by atoms with E-state index in [0.29, 0.717) is 11.4 Å². The summed E-state index contributed by atoms with van der Waals surface area (Å²) in [4.78, 5) is 4.71. The minimum absolute atomic E-state index is 0.00689. The number of rotatable bonds is 5. The van der Waals surface area contributed by atoms with E-state index in [-0.39, 0.29) is 4.90 Å². The standard InChI is InChI=1S/C21H19N5O3S/c1-29-14-8-11-19-17(12-14)20(16-4-2-3-5-18(16)25-19)24-13-6-9-15(10-7-13)30(27,28)26-21(22)23/h2-12H,1H3,(H,24,25)(H4,22,23,26). The van der Waals surface area contributed by atoms with Crippen LogP contribution < -0.4 is 21.5 Å². The second-order valence-electron chi connectivity index (χ2n) is 6.53. The number of benzene rings is 3. The Labute approximate surface area is 173 Å². The molecule has 0 unspecified atom stereocenters. The molecule has 0 bridgehead atoms. The fraction of sp³-hybridized carbons (Fsp3) is 0.0476. The molecule has 0 amide bonds. The molecule has 0 aliphatic heterocycles. The van der Waals surface area contributed by atoms with Crippen LogP contribution in [0.1, 0.15) is 0 Å². The molecule has 0 aliphatic carbocycles. The van der Waals surface area contributed by atoms with E-state index in [0.717, 1.165) is 27.5 Å². The van der Waals surface area contributed by atoms with Crippen molar-refractivity contribution >= 4 is 49.2 Å². The lowest BCUT2D eigenvalue weighted by Crippen LogP contribution is -2.24. The summed E-state index contributed by atoms with van der Waals surface area (Å²) in [5.74, 6) is 0.196. The molecule has 0 spiro atoms. The molecule has 0 aliphatic rings. The number of aromatic nitrogens is 1. The first kappa shape index (κ1) is 19.5.